The topological polar surface area (TPSA) is 167 Å². The fourth-order valence-electron chi connectivity index (χ4n) is 11.3. The average molecular weight is 1080 g/mol. The number of methoxy groups -OCH3 is 10. The first kappa shape index (κ1) is 60.7. The largest absolute Gasteiger partial charge is 1.00 e. The Morgan fingerprint density at radius 2 is 0.811 bits per heavy atom. The van der Waals surface area contributed by atoms with Gasteiger partial charge in [0.05, 0.1) is 111 Å². The van der Waals surface area contributed by atoms with Crippen molar-refractivity contribution in [3.8, 4) is 57.5 Å². The molecule has 4 aromatic carbocycles. The van der Waals surface area contributed by atoms with Crippen LogP contribution in [-0.2, 0) is 35.3 Å². The van der Waals surface area contributed by atoms with Crippen molar-refractivity contribution in [2.45, 2.75) is 69.4 Å². The molecule has 4 aromatic rings. The van der Waals surface area contributed by atoms with Crippen molar-refractivity contribution < 1.29 is 110 Å². The first-order valence-electron chi connectivity index (χ1n) is 23.9. The second kappa shape index (κ2) is 25.1. The summed E-state index contributed by atoms with van der Waals surface area (Å²) in [7, 11) is 19.5. The molecule has 16 nitrogen and oxygen atoms in total. The van der Waals surface area contributed by atoms with Crippen molar-refractivity contribution in [3.05, 3.63) is 81.9 Å². The Morgan fingerprint density at radius 3 is 1.08 bits per heavy atom. The van der Waals surface area contributed by atoms with Gasteiger partial charge >= 0.3 is 17.9 Å². The third kappa shape index (κ3) is 11.7. The van der Waals surface area contributed by atoms with Crippen molar-refractivity contribution >= 4 is 11.9 Å². The minimum absolute atomic E-state index is 0. The van der Waals surface area contributed by atoms with E-state index in [1.165, 1.54) is 42.7 Å². The van der Waals surface area contributed by atoms with Crippen molar-refractivity contribution in [2.75, 3.05) is 111 Å². The molecular weight excluding hydrogens is 1010 g/mol. The predicted octanol–water partition coefficient (Wildman–Crippen LogP) is 2.41. The maximum absolute atomic E-state index is 16.6. The molecule has 0 radical (unpaired) electrons. The number of carbonyl (C=O) groups is 2. The molecule has 0 saturated heterocycles. The zero-order valence-electron chi connectivity index (χ0n) is 44.5. The number of quaternary nitrogens is 2. The molecule has 2 aliphatic rings. The molecule has 6 rings (SSSR count). The summed E-state index contributed by atoms with van der Waals surface area (Å²) in [6, 6.07) is 14.7. The summed E-state index contributed by atoms with van der Waals surface area (Å²) >= 11 is 0. The average Bonchev–Trinajstić information content (AvgIpc) is 3.38. The molecular formula is C54H72Cl2F2N2O14. The van der Waals surface area contributed by atoms with Crippen LogP contribution in [0, 0.1) is 5.41 Å². The van der Waals surface area contributed by atoms with Gasteiger partial charge in [-0.1, -0.05) is 0 Å². The summed E-state index contributed by atoms with van der Waals surface area (Å²) in [6.45, 7) is 1.63. The van der Waals surface area contributed by atoms with Gasteiger partial charge in [-0.15, -0.1) is 0 Å². The molecule has 0 saturated carbocycles. The maximum Gasteiger partial charge on any atom is 0.375 e. The molecule has 20 heteroatoms. The molecule has 0 bridgehead atoms. The molecule has 0 amide bonds. The lowest BCUT2D eigenvalue weighted by molar-refractivity contribution is -0.941. The van der Waals surface area contributed by atoms with Crippen LogP contribution in [0.1, 0.15) is 71.1 Å². The standard InChI is InChI=1S/C54H70F2N2O14.2ClH/c1-57(21-15-35-29-41(63-3)43(65-5)31-37(35)39(57)23-33-25-45(67-7)49(71-11)46(26-33)68-8)19-13-17-53(51(59)60,54(55,56)52(61)62)18-14-20-58(2)22-16-36-30-42(64-4)44(66-6)32-38(36)40(58)24-34-27-47(69-9)50(72-12)48(28-34)70-10;;/h25-32,39-40H,13-24H2,1-12H3;2*1H/t39-,40-,57+,58+;;/m1../s1. The lowest BCUT2D eigenvalue weighted by atomic mass is 9.72. The van der Waals surface area contributed by atoms with E-state index in [0.717, 1.165) is 33.4 Å². The molecule has 2 heterocycles. The molecule has 4 atom stereocenters. The molecule has 0 spiro atoms. The number of halogens is 4. The summed E-state index contributed by atoms with van der Waals surface area (Å²) in [5, 5.41) is 21.1. The molecule has 2 N–H and O–H groups in total. The van der Waals surface area contributed by atoms with Crippen LogP contribution in [0.2, 0.25) is 0 Å². The van der Waals surface area contributed by atoms with Gasteiger partial charge in [0, 0.05) is 36.8 Å². The number of carboxylic acids is 2. The highest BCUT2D eigenvalue weighted by molar-refractivity contribution is 5.87. The fourth-order valence-corrected chi connectivity index (χ4v) is 11.3. The Kier molecular flexibility index (Phi) is 20.6. The normalized spacial score (nSPS) is 19.0. The van der Waals surface area contributed by atoms with Gasteiger partial charge in [0.1, 0.15) is 17.5 Å². The van der Waals surface area contributed by atoms with E-state index in [2.05, 4.69) is 0 Å². The van der Waals surface area contributed by atoms with E-state index in [9.17, 15) is 19.8 Å². The van der Waals surface area contributed by atoms with Gasteiger partial charge < -0.3 is 91.4 Å². The quantitative estimate of drug-likeness (QED) is 0.0930. The van der Waals surface area contributed by atoms with E-state index in [4.69, 9.17) is 47.4 Å². The molecule has 74 heavy (non-hydrogen) atoms. The van der Waals surface area contributed by atoms with Crippen molar-refractivity contribution in [1.29, 1.82) is 0 Å². The molecule has 2 aliphatic heterocycles. The van der Waals surface area contributed by atoms with Crippen LogP contribution in [0.4, 0.5) is 8.78 Å². The molecule has 0 aliphatic carbocycles. The van der Waals surface area contributed by atoms with Gasteiger partial charge in [0.2, 0.25) is 11.5 Å². The van der Waals surface area contributed by atoms with Crippen LogP contribution in [0.3, 0.4) is 0 Å². The molecule has 0 fully saturated rings. The minimum Gasteiger partial charge on any atom is -1.00 e. The van der Waals surface area contributed by atoms with Crippen LogP contribution in [0.15, 0.2) is 48.5 Å². The number of nitrogens with zero attached hydrogens (tertiary/aromatic N) is 2. The highest BCUT2D eigenvalue weighted by Crippen LogP contribution is 2.50. The van der Waals surface area contributed by atoms with E-state index >= 15 is 8.78 Å². The second-order valence-electron chi connectivity index (χ2n) is 19.1. The smallest absolute Gasteiger partial charge is 0.375 e. The second-order valence-corrected chi connectivity index (χ2v) is 19.1. The number of hydrogen-bond acceptors (Lipinski definition) is 12. The Bertz CT molecular complexity index is 2400. The minimum atomic E-state index is -4.61. The first-order valence-corrected chi connectivity index (χ1v) is 23.9. The molecule has 0 aromatic heterocycles. The summed E-state index contributed by atoms with van der Waals surface area (Å²) in [5.41, 5.74) is 2.70. The van der Waals surface area contributed by atoms with Gasteiger partial charge in [-0.3, -0.25) is 4.79 Å². The van der Waals surface area contributed by atoms with Crippen LogP contribution in [0.5, 0.6) is 57.5 Å². The number of rotatable bonds is 25. The highest BCUT2D eigenvalue weighted by Gasteiger charge is 2.64. The monoisotopic (exact) mass is 1080 g/mol. The van der Waals surface area contributed by atoms with Gasteiger partial charge in [-0.2, -0.15) is 8.78 Å². The number of ether oxygens (including phenoxy) is 10. The van der Waals surface area contributed by atoms with E-state index in [-0.39, 0.29) is 62.8 Å². The summed E-state index contributed by atoms with van der Waals surface area (Å²) in [6.07, 6.45) is 0.829. The van der Waals surface area contributed by atoms with Gasteiger partial charge in [-0.05, 0) is 96.5 Å². The summed E-state index contributed by atoms with van der Waals surface area (Å²) < 4.78 is 90.6. The maximum atomic E-state index is 16.6. The first-order chi connectivity index (χ1) is 34.3. The SMILES string of the molecule is COc1cc2c(cc1OC)[C@@H](Cc1cc(OC)c(OC)c(OC)c1)[N@@+](C)(CCCC(CCC[N@@+]1(C)CCc3cc(OC)c(OC)cc3[C@H]1Cc1cc(OC)c(OC)c(OC)c1)(C(=O)O)C(F)(F)C(=O)O)CC2.[Cl-].[Cl-]. The summed E-state index contributed by atoms with van der Waals surface area (Å²) in [4.78, 5) is 26.2. The van der Waals surface area contributed by atoms with Crippen LogP contribution >= 0.6 is 0 Å². The van der Waals surface area contributed by atoms with Gasteiger partial charge in [-0.25, -0.2) is 4.79 Å². The lowest BCUT2D eigenvalue weighted by Crippen LogP contribution is -3.00. The number of aliphatic carboxylic acids is 2. The Morgan fingerprint density at radius 1 is 0.500 bits per heavy atom. The van der Waals surface area contributed by atoms with Crippen molar-refractivity contribution in [2.24, 2.45) is 5.41 Å². The number of hydrogen-bond donors (Lipinski definition) is 2. The van der Waals surface area contributed by atoms with Crippen LogP contribution in [-0.4, -0.2) is 148 Å². The van der Waals surface area contributed by atoms with Gasteiger partial charge in [0.25, 0.3) is 0 Å². The lowest BCUT2D eigenvalue weighted by Gasteiger charge is -2.47. The number of fused-ring (bicyclic) bond motifs is 2. The number of carboxylic acid groups (broad SMARTS) is 2. The predicted molar refractivity (Wildman–Crippen MR) is 265 cm³/mol. The molecule has 410 valence electrons. The Hall–Kier alpha value is -5.82. The number of likely N-dealkylation sites (N-methyl/N-ethyl adjacent to an activating group) is 2. The Balaban J connectivity index is 0.00000593. The third-order valence-corrected chi connectivity index (χ3v) is 15.4. The van der Waals surface area contributed by atoms with E-state index < -0.39 is 36.1 Å². The van der Waals surface area contributed by atoms with E-state index in [0.29, 0.717) is 105 Å². The Labute approximate surface area is 445 Å². The van der Waals surface area contributed by atoms with E-state index in [1.807, 2.05) is 62.6 Å². The number of benzene rings is 4. The zero-order valence-corrected chi connectivity index (χ0v) is 46.0. The van der Waals surface area contributed by atoms with Crippen LogP contribution in [0.25, 0.3) is 0 Å². The van der Waals surface area contributed by atoms with Gasteiger partial charge in [0.15, 0.2) is 46.0 Å². The van der Waals surface area contributed by atoms with Crippen molar-refractivity contribution in [3.63, 3.8) is 0 Å². The number of alkyl halides is 2. The summed E-state index contributed by atoms with van der Waals surface area (Å²) in [5.74, 6) is -4.08. The zero-order chi connectivity index (χ0) is 52.8. The third-order valence-electron chi connectivity index (χ3n) is 15.4. The van der Waals surface area contributed by atoms with Crippen molar-refractivity contribution in [1.82, 2.24) is 0 Å². The molecule has 0 unspecified atom stereocenters. The van der Waals surface area contributed by atoms with Crippen LogP contribution < -0.4 is 72.2 Å². The highest BCUT2D eigenvalue weighted by atomic mass is 35.5. The fraction of sp³-hybridized carbons (Fsp3) is 0.519. The van der Waals surface area contributed by atoms with E-state index in [1.54, 1.807) is 28.4 Å².